The van der Waals surface area contributed by atoms with E-state index in [4.69, 9.17) is 4.42 Å². The molecule has 2 aromatic rings. The van der Waals surface area contributed by atoms with Crippen LogP contribution in [-0.2, 0) is 0 Å². The zero-order valence-electron chi connectivity index (χ0n) is 8.41. The highest BCUT2D eigenvalue weighted by Gasteiger charge is 2.14. The van der Waals surface area contributed by atoms with Crippen LogP contribution in [0.15, 0.2) is 51.6 Å². The minimum atomic E-state index is 0.109. The summed E-state index contributed by atoms with van der Waals surface area (Å²) in [6, 6.07) is 14.2. The van der Waals surface area contributed by atoms with Crippen molar-refractivity contribution in [1.29, 1.82) is 0 Å². The maximum Gasteiger partial charge on any atom is 0.169 e. The van der Waals surface area contributed by atoms with Crippen LogP contribution < -0.4 is 5.32 Å². The van der Waals surface area contributed by atoms with Crippen molar-refractivity contribution in [3.05, 3.63) is 58.5 Å². The van der Waals surface area contributed by atoms with Crippen molar-refractivity contribution < 1.29 is 4.42 Å². The van der Waals surface area contributed by atoms with Gasteiger partial charge in [-0.25, -0.2) is 0 Å². The second-order valence-corrected chi connectivity index (χ2v) is 4.06. The van der Waals surface area contributed by atoms with Gasteiger partial charge in [0.15, 0.2) is 4.67 Å². The van der Waals surface area contributed by atoms with Crippen LogP contribution in [0.1, 0.15) is 17.4 Å². The van der Waals surface area contributed by atoms with Crippen molar-refractivity contribution in [1.82, 2.24) is 5.32 Å². The van der Waals surface area contributed by atoms with E-state index >= 15 is 0 Å². The standard InChI is InChI=1S/C12H12BrNO/c1-14-12(9-5-3-2-4-6-9)10-7-8-11(13)15-10/h2-8,12,14H,1H3. The number of hydrogen-bond donors (Lipinski definition) is 1. The van der Waals surface area contributed by atoms with Gasteiger partial charge in [0.25, 0.3) is 0 Å². The Morgan fingerprint density at radius 3 is 2.40 bits per heavy atom. The Bertz CT molecular complexity index is 424. The Morgan fingerprint density at radius 2 is 1.87 bits per heavy atom. The molecular formula is C12H12BrNO. The summed E-state index contributed by atoms with van der Waals surface area (Å²) in [5.74, 6) is 0.913. The molecule has 0 saturated heterocycles. The summed E-state index contributed by atoms with van der Waals surface area (Å²) in [5, 5.41) is 3.23. The fourth-order valence-electron chi connectivity index (χ4n) is 1.60. The lowest BCUT2D eigenvalue weighted by Gasteiger charge is -2.13. The number of rotatable bonds is 3. The summed E-state index contributed by atoms with van der Waals surface area (Å²) in [5.41, 5.74) is 1.20. The number of halogens is 1. The number of furan rings is 1. The minimum Gasteiger partial charge on any atom is -0.452 e. The molecule has 0 bridgehead atoms. The van der Waals surface area contributed by atoms with E-state index in [1.54, 1.807) is 0 Å². The van der Waals surface area contributed by atoms with Crippen LogP contribution in [0, 0.1) is 0 Å². The summed E-state index contributed by atoms with van der Waals surface area (Å²) < 4.78 is 6.30. The first-order valence-electron chi connectivity index (χ1n) is 4.78. The maximum absolute atomic E-state index is 5.55. The Balaban J connectivity index is 2.33. The second-order valence-electron chi connectivity index (χ2n) is 3.27. The summed E-state index contributed by atoms with van der Waals surface area (Å²) in [7, 11) is 1.92. The Hall–Kier alpha value is -1.06. The highest BCUT2D eigenvalue weighted by atomic mass is 79.9. The molecule has 0 saturated carbocycles. The average Bonchev–Trinajstić information content (AvgIpc) is 2.68. The Morgan fingerprint density at radius 1 is 1.13 bits per heavy atom. The lowest BCUT2D eigenvalue weighted by atomic mass is 10.1. The highest BCUT2D eigenvalue weighted by molar-refractivity contribution is 9.10. The molecule has 2 nitrogen and oxygen atoms in total. The van der Waals surface area contributed by atoms with Crippen molar-refractivity contribution in [3.8, 4) is 0 Å². The summed E-state index contributed by atoms with van der Waals surface area (Å²) in [4.78, 5) is 0. The van der Waals surface area contributed by atoms with Crippen LogP contribution in [0.5, 0.6) is 0 Å². The first-order chi connectivity index (χ1) is 7.31. The van der Waals surface area contributed by atoms with E-state index in [-0.39, 0.29) is 6.04 Å². The van der Waals surface area contributed by atoms with E-state index in [1.165, 1.54) is 5.56 Å². The van der Waals surface area contributed by atoms with E-state index in [9.17, 15) is 0 Å². The van der Waals surface area contributed by atoms with Crippen LogP contribution in [-0.4, -0.2) is 7.05 Å². The summed E-state index contributed by atoms with van der Waals surface area (Å²) in [6.45, 7) is 0. The Labute approximate surface area is 97.4 Å². The van der Waals surface area contributed by atoms with Gasteiger partial charge in [-0.05, 0) is 40.7 Å². The first kappa shape index (κ1) is 10.5. The van der Waals surface area contributed by atoms with E-state index in [2.05, 4.69) is 33.4 Å². The molecule has 1 N–H and O–H groups in total. The van der Waals surface area contributed by atoms with E-state index < -0.39 is 0 Å². The van der Waals surface area contributed by atoms with Crippen molar-refractivity contribution in [2.24, 2.45) is 0 Å². The highest BCUT2D eigenvalue weighted by Crippen LogP contribution is 2.25. The fraction of sp³-hybridized carbons (Fsp3) is 0.167. The summed E-state index contributed by atoms with van der Waals surface area (Å²) >= 11 is 3.31. The fourth-order valence-corrected chi connectivity index (χ4v) is 1.92. The average molecular weight is 266 g/mol. The van der Waals surface area contributed by atoms with Crippen molar-refractivity contribution in [2.45, 2.75) is 6.04 Å². The van der Waals surface area contributed by atoms with Gasteiger partial charge < -0.3 is 9.73 Å². The number of nitrogens with one attached hydrogen (secondary N) is 1. The van der Waals surface area contributed by atoms with Gasteiger partial charge in [-0.3, -0.25) is 0 Å². The predicted octanol–water partition coefficient (Wildman–Crippen LogP) is 3.35. The molecule has 78 valence electrons. The summed E-state index contributed by atoms with van der Waals surface area (Å²) in [6.07, 6.45) is 0. The van der Waals surface area contributed by atoms with Crippen molar-refractivity contribution in [2.75, 3.05) is 7.05 Å². The maximum atomic E-state index is 5.55. The van der Waals surface area contributed by atoms with Gasteiger partial charge in [-0.15, -0.1) is 0 Å². The van der Waals surface area contributed by atoms with Crippen LogP contribution in [0.3, 0.4) is 0 Å². The van der Waals surface area contributed by atoms with Gasteiger partial charge in [0.05, 0.1) is 6.04 Å². The Kier molecular flexibility index (Phi) is 3.23. The molecule has 0 aliphatic heterocycles. The molecule has 1 unspecified atom stereocenters. The van der Waals surface area contributed by atoms with Gasteiger partial charge in [0, 0.05) is 0 Å². The molecule has 0 radical (unpaired) electrons. The van der Waals surface area contributed by atoms with Gasteiger partial charge in [0.2, 0.25) is 0 Å². The minimum absolute atomic E-state index is 0.109. The van der Waals surface area contributed by atoms with Gasteiger partial charge in [-0.1, -0.05) is 30.3 Å². The van der Waals surface area contributed by atoms with Crippen LogP contribution in [0.2, 0.25) is 0 Å². The topological polar surface area (TPSA) is 25.2 Å². The van der Waals surface area contributed by atoms with Crippen LogP contribution in [0.4, 0.5) is 0 Å². The van der Waals surface area contributed by atoms with E-state index in [0.29, 0.717) is 0 Å². The monoisotopic (exact) mass is 265 g/mol. The molecule has 3 heteroatoms. The molecule has 2 rings (SSSR count). The molecule has 1 aromatic heterocycles. The van der Waals surface area contributed by atoms with Gasteiger partial charge in [-0.2, -0.15) is 0 Å². The smallest absolute Gasteiger partial charge is 0.169 e. The van der Waals surface area contributed by atoms with Gasteiger partial charge >= 0.3 is 0 Å². The number of benzene rings is 1. The van der Waals surface area contributed by atoms with Crippen LogP contribution in [0.25, 0.3) is 0 Å². The lowest BCUT2D eigenvalue weighted by Crippen LogP contribution is -2.16. The molecule has 15 heavy (non-hydrogen) atoms. The third-order valence-corrected chi connectivity index (χ3v) is 2.73. The SMILES string of the molecule is CNC(c1ccccc1)c1ccc(Br)o1. The predicted molar refractivity (Wildman–Crippen MR) is 63.8 cm³/mol. The van der Waals surface area contributed by atoms with Gasteiger partial charge in [0.1, 0.15) is 5.76 Å². The van der Waals surface area contributed by atoms with Crippen molar-refractivity contribution >= 4 is 15.9 Å². The largest absolute Gasteiger partial charge is 0.452 e. The second kappa shape index (κ2) is 4.64. The third-order valence-electron chi connectivity index (χ3n) is 2.30. The first-order valence-corrected chi connectivity index (χ1v) is 5.58. The normalized spacial score (nSPS) is 12.7. The molecule has 1 heterocycles. The zero-order valence-corrected chi connectivity index (χ0v) is 9.99. The van der Waals surface area contributed by atoms with Crippen molar-refractivity contribution in [3.63, 3.8) is 0 Å². The zero-order chi connectivity index (χ0) is 10.7. The number of hydrogen-bond acceptors (Lipinski definition) is 2. The lowest BCUT2D eigenvalue weighted by molar-refractivity contribution is 0.447. The molecule has 1 atom stereocenters. The quantitative estimate of drug-likeness (QED) is 0.921. The molecular weight excluding hydrogens is 254 g/mol. The van der Waals surface area contributed by atoms with E-state index in [0.717, 1.165) is 10.4 Å². The molecule has 1 aromatic carbocycles. The molecule has 0 aliphatic carbocycles. The third kappa shape index (κ3) is 2.30. The molecule has 0 spiro atoms. The molecule has 0 aliphatic rings. The molecule has 0 fully saturated rings. The van der Waals surface area contributed by atoms with E-state index in [1.807, 2.05) is 37.4 Å². The van der Waals surface area contributed by atoms with Crippen LogP contribution >= 0.6 is 15.9 Å². The molecule has 0 amide bonds.